The van der Waals surface area contributed by atoms with Crippen LogP contribution >= 0.6 is 0 Å². The Kier molecular flexibility index (Phi) is 7.49. The van der Waals surface area contributed by atoms with Crippen LogP contribution in [0.4, 0.5) is 5.69 Å². The number of nitrogens with two attached hydrogens (primary N) is 1. The Morgan fingerprint density at radius 1 is 0.741 bits per heavy atom. The summed E-state index contributed by atoms with van der Waals surface area (Å²) in [5.74, 6) is -1.34. The fourth-order valence-electron chi connectivity index (χ4n) is 2.43. The van der Waals surface area contributed by atoms with Gasteiger partial charge in [-0.05, 0) is 68.1 Å². The van der Waals surface area contributed by atoms with Crippen LogP contribution in [-0.4, -0.2) is 35.4 Å². The third kappa shape index (κ3) is 6.89. The van der Waals surface area contributed by atoms with E-state index in [0.717, 1.165) is 37.5 Å². The first-order valence-corrected chi connectivity index (χ1v) is 8.68. The van der Waals surface area contributed by atoms with Crippen molar-refractivity contribution in [2.75, 3.05) is 18.9 Å². The Labute approximate surface area is 157 Å². The second-order valence-electron chi connectivity index (χ2n) is 6.04. The van der Waals surface area contributed by atoms with Gasteiger partial charge in [-0.2, -0.15) is 0 Å². The molecule has 0 atom stereocenters. The average Bonchev–Trinajstić information content (AvgIpc) is 2.65. The second-order valence-corrected chi connectivity index (χ2v) is 6.04. The van der Waals surface area contributed by atoms with Gasteiger partial charge in [0.15, 0.2) is 0 Å². The molecule has 0 fully saturated rings. The van der Waals surface area contributed by atoms with E-state index in [-0.39, 0.29) is 16.9 Å². The number of unbranched alkanes of at least 4 members (excludes halogenated alkanes) is 3. The molecule has 0 aliphatic heterocycles. The van der Waals surface area contributed by atoms with Gasteiger partial charge < -0.3 is 25.4 Å². The minimum Gasteiger partial charge on any atom is -0.494 e. The molecule has 0 aliphatic rings. The summed E-state index contributed by atoms with van der Waals surface area (Å²) in [5, 5.41) is 18.1. The summed E-state index contributed by atoms with van der Waals surface area (Å²) >= 11 is 0. The molecule has 0 aromatic heterocycles. The molecular formula is C20H23NO6. The molecule has 7 heteroatoms. The highest BCUT2D eigenvalue weighted by molar-refractivity contribution is 5.94. The van der Waals surface area contributed by atoms with Crippen LogP contribution in [0.15, 0.2) is 42.5 Å². The maximum Gasteiger partial charge on any atom is 0.335 e. The van der Waals surface area contributed by atoms with E-state index in [0.29, 0.717) is 18.9 Å². The SMILES string of the molecule is Nc1ccc(OCCCCCCOc2cc(C(=O)O)cc(C(=O)O)c2)cc1. The summed E-state index contributed by atoms with van der Waals surface area (Å²) in [6.07, 6.45) is 3.58. The van der Waals surface area contributed by atoms with Crippen molar-refractivity contribution in [1.29, 1.82) is 0 Å². The normalized spacial score (nSPS) is 10.4. The Hall–Kier alpha value is -3.22. The number of rotatable bonds is 11. The lowest BCUT2D eigenvalue weighted by Crippen LogP contribution is -2.05. The molecule has 2 aromatic carbocycles. The van der Waals surface area contributed by atoms with Crippen molar-refractivity contribution in [2.45, 2.75) is 25.7 Å². The summed E-state index contributed by atoms with van der Waals surface area (Å²) in [7, 11) is 0. The van der Waals surface area contributed by atoms with Crippen LogP contribution in [0.2, 0.25) is 0 Å². The zero-order valence-electron chi connectivity index (χ0n) is 14.9. The first-order valence-electron chi connectivity index (χ1n) is 8.68. The van der Waals surface area contributed by atoms with Crippen LogP contribution in [0.5, 0.6) is 11.5 Å². The molecule has 0 aliphatic carbocycles. The fraction of sp³-hybridized carbons (Fsp3) is 0.300. The summed E-state index contributed by atoms with van der Waals surface area (Å²) in [5.41, 5.74) is 6.10. The summed E-state index contributed by atoms with van der Waals surface area (Å²) < 4.78 is 11.1. The number of carboxylic acid groups (broad SMARTS) is 2. The van der Waals surface area contributed by atoms with E-state index in [1.807, 2.05) is 12.1 Å². The minimum atomic E-state index is -1.19. The van der Waals surface area contributed by atoms with Crippen molar-refractivity contribution in [3.63, 3.8) is 0 Å². The largest absolute Gasteiger partial charge is 0.494 e. The van der Waals surface area contributed by atoms with Gasteiger partial charge in [-0.25, -0.2) is 9.59 Å². The Morgan fingerprint density at radius 2 is 1.22 bits per heavy atom. The molecule has 2 aromatic rings. The van der Waals surface area contributed by atoms with Gasteiger partial charge >= 0.3 is 11.9 Å². The first kappa shape index (κ1) is 20.1. The zero-order valence-corrected chi connectivity index (χ0v) is 14.9. The highest BCUT2D eigenvalue weighted by Crippen LogP contribution is 2.18. The van der Waals surface area contributed by atoms with Crippen molar-refractivity contribution in [3.8, 4) is 11.5 Å². The lowest BCUT2D eigenvalue weighted by atomic mass is 10.1. The highest BCUT2D eigenvalue weighted by Gasteiger charge is 2.12. The van der Waals surface area contributed by atoms with Crippen LogP contribution in [0.25, 0.3) is 0 Å². The molecule has 27 heavy (non-hydrogen) atoms. The Morgan fingerprint density at radius 3 is 1.70 bits per heavy atom. The summed E-state index contributed by atoms with van der Waals surface area (Å²) in [6.45, 7) is 1.01. The van der Waals surface area contributed by atoms with E-state index in [2.05, 4.69) is 0 Å². The van der Waals surface area contributed by atoms with Crippen molar-refractivity contribution < 1.29 is 29.3 Å². The van der Waals surface area contributed by atoms with Gasteiger partial charge in [0.1, 0.15) is 11.5 Å². The van der Waals surface area contributed by atoms with Crippen molar-refractivity contribution in [2.24, 2.45) is 0 Å². The van der Waals surface area contributed by atoms with Gasteiger partial charge in [0.25, 0.3) is 0 Å². The summed E-state index contributed by atoms with van der Waals surface area (Å²) in [4.78, 5) is 22.1. The topological polar surface area (TPSA) is 119 Å². The van der Waals surface area contributed by atoms with Crippen molar-refractivity contribution in [3.05, 3.63) is 53.6 Å². The van der Waals surface area contributed by atoms with Crippen molar-refractivity contribution >= 4 is 17.6 Å². The van der Waals surface area contributed by atoms with E-state index in [9.17, 15) is 9.59 Å². The third-order valence-electron chi connectivity index (χ3n) is 3.86. The maximum atomic E-state index is 11.1. The monoisotopic (exact) mass is 373 g/mol. The standard InChI is InChI=1S/C20H23NO6/c21-16-5-7-17(8-6-16)26-9-3-1-2-4-10-27-18-12-14(19(22)23)11-15(13-18)20(24)25/h5-8,11-13H,1-4,9-10,21H2,(H,22,23)(H,24,25). The molecule has 0 bridgehead atoms. The third-order valence-corrected chi connectivity index (χ3v) is 3.86. The second kappa shape index (κ2) is 10.1. The van der Waals surface area contributed by atoms with Crippen LogP contribution in [0.1, 0.15) is 46.4 Å². The van der Waals surface area contributed by atoms with E-state index in [1.54, 1.807) is 12.1 Å². The molecule has 4 N–H and O–H groups in total. The quantitative estimate of drug-likeness (QED) is 0.406. The van der Waals surface area contributed by atoms with Crippen LogP contribution < -0.4 is 15.2 Å². The van der Waals surface area contributed by atoms with E-state index >= 15 is 0 Å². The lowest BCUT2D eigenvalue weighted by Gasteiger charge is -2.09. The predicted octanol–water partition coefficient (Wildman–Crippen LogP) is 3.68. The number of anilines is 1. The molecule has 0 saturated carbocycles. The summed E-state index contributed by atoms with van der Waals surface area (Å²) in [6, 6.07) is 11.0. The zero-order chi connectivity index (χ0) is 19.6. The first-order chi connectivity index (χ1) is 13.0. The predicted molar refractivity (Wildman–Crippen MR) is 101 cm³/mol. The molecule has 144 valence electrons. The van der Waals surface area contributed by atoms with Crippen LogP contribution in [0.3, 0.4) is 0 Å². The fourth-order valence-corrected chi connectivity index (χ4v) is 2.43. The van der Waals surface area contributed by atoms with Gasteiger partial charge in [-0.15, -0.1) is 0 Å². The number of hydrogen-bond acceptors (Lipinski definition) is 5. The molecule has 2 rings (SSSR count). The average molecular weight is 373 g/mol. The lowest BCUT2D eigenvalue weighted by molar-refractivity contribution is 0.0696. The molecule has 0 saturated heterocycles. The molecule has 0 unspecified atom stereocenters. The highest BCUT2D eigenvalue weighted by atomic mass is 16.5. The van der Waals surface area contributed by atoms with E-state index in [4.69, 9.17) is 25.4 Å². The van der Waals surface area contributed by atoms with Gasteiger partial charge in [-0.1, -0.05) is 0 Å². The van der Waals surface area contributed by atoms with Crippen LogP contribution in [0, 0.1) is 0 Å². The smallest absolute Gasteiger partial charge is 0.335 e. The molecular weight excluding hydrogens is 350 g/mol. The number of ether oxygens (including phenoxy) is 2. The minimum absolute atomic E-state index is 0.107. The van der Waals surface area contributed by atoms with Gasteiger partial charge in [-0.3, -0.25) is 0 Å². The number of carbonyl (C=O) groups is 2. The molecule has 7 nitrogen and oxygen atoms in total. The van der Waals surface area contributed by atoms with Gasteiger partial charge in [0.2, 0.25) is 0 Å². The van der Waals surface area contributed by atoms with Crippen molar-refractivity contribution in [1.82, 2.24) is 0 Å². The maximum absolute atomic E-state index is 11.1. The van der Waals surface area contributed by atoms with E-state index in [1.165, 1.54) is 12.1 Å². The molecule has 0 radical (unpaired) electrons. The van der Waals surface area contributed by atoms with Gasteiger partial charge in [0, 0.05) is 5.69 Å². The Bertz CT molecular complexity index is 740. The number of hydrogen-bond donors (Lipinski definition) is 3. The molecule has 0 heterocycles. The molecule has 0 amide bonds. The molecule has 0 spiro atoms. The van der Waals surface area contributed by atoms with E-state index < -0.39 is 11.9 Å². The Balaban J connectivity index is 1.65. The number of benzene rings is 2. The number of carboxylic acids is 2. The number of nitrogen functional groups attached to an aromatic ring is 1. The van der Waals surface area contributed by atoms with Crippen LogP contribution in [-0.2, 0) is 0 Å². The number of aromatic carboxylic acids is 2. The van der Waals surface area contributed by atoms with Gasteiger partial charge in [0.05, 0.1) is 24.3 Å².